The molecule has 0 rings (SSSR count). The van der Waals surface area contributed by atoms with E-state index in [-0.39, 0.29) is 5.78 Å². The molecule has 3 nitrogen and oxygen atoms in total. The third-order valence-electron chi connectivity index (χ3n) is 1.33. The van der Waals surface area contributed by atoms with Crippen molar-refractivity contribution >= 4 is 5.78 Å². The van der Waals surface area contributed by atoms with Gasteiger partial charge in [0.25, 0.3) is 0 Å². The fraction of sp³-hybridized carbons (Fsp3) is 0.667. The summed E-state index contributed by atoms with van der Waals surface area (Å²) in [6, 6.07) is 0.367. The van der Waals surface area contributed by atoms with Gasteiger partial charge in [-0.2, -0.15) is 0 Å². The molecule has 0 aromatic carbocycles. The number of Topliss-reactive ketones (excluding diaryl/α,β-unsaturated/α-hetero) is 1. The first-order valence-corrected chi connectivity index (χ1v) is 4.21. The summed E-state index contributed by atoms with van der Waals surface area (Å²) in [5, 5.41) is 3.17. The summed E-state index contributed by atoms with van der Waals surface area (Å²) in [7, 11) is 0. The molecule has 0 aliphatic heterocycles. The highest BCUT2D eigenvalue weighted by atomic mass is 16.1. The first kappa shape index (κ1) is 11.2. The largest absolute Gasteiger partial charge is 0.385 e. The molecule has 0 atom stereocenters. The molecule has 12 heavy (non-hydrogen) atoms. The highest BCUT2D eigenvalue weighted by Gasteiger charge is 1.97. The van der Waals surface area contributed by atoms with Gasteiger partial charge in [-0.3, -0.25) is 4.79 Å². The lowest BCUT2D eigenvalue weighted by Gasteiger charge is -2.11. The van der Waals surface area contributed by atoms with E-state index in [9.17, 15) is 4.79 Å². The Morgan fingerprint density at radius 2 is 2.17 bits per heavy atom. The zero-order valence-corrected chi connectivity index (χ0v) is 8.05. The summed E-state index contributed by atoms with van der Waals surface area (Å²) in [5.74, 6) is 0.159. The lowest BCUT2D eigenvalue weighted by molar-refractivity contribution is -0.116. The lowest BCUT2D eigenvalue weighted by Crippen LogP contribution is -2.26. The van der Waals surface area contributed by atoms with Crippen LogP contribution in [0.5, 0.6) is 0 Å². The van der Waals surface area contributed by atoms with Crippen LogP contribution in [-0.4, -0.2) is 18.4 Å². The molecular formula is C9H18N2O. The smallest absolute Gasteiger partial charge is 0.133 e. The molecule has 3 N–H and O–H groups in total. The van der Waals surface area contributed by atoms with E-state index in [1.807, 2.05) is 19.9 Å². The Morgan fingerprint density at radius 1 is 1.58 bits per heavy atom. The second-order valence-corrected chi connectivity index (χ2v) is 3.14. The zero-order chi connectivity index (χ0) is 9.56. The van der Waals surface area contributed by atoms with E-state index in [0.717, 1.165) is 5.70 Å². The van der Waals surface area contributed by atoms with Crippen molar-refractivity contribution in [3.05, 3.63) is 11.8 Å². The number of allylic oxidation sites excluding steroid dienone is 1. The Kier molecular flexibility index (Phi) is 5.37. The van der Waals surface area contributed by atoms with Crippen LogP contribution in [0.25, 0.3) is 0 Å². The Morgan fingerprint density at radius 3 is 2.50 bits per heavy atom. The van der Waals surface area contributed by atoms with Gasteiger partial charge in [0.15, 0.2) is 0 Å². The van der Waals surface area contributed by atoms with Crippen LogP contribution < -0.4 is 11.1 Å². The topological polar surface area (TPSA) is 55.1 Å². The van der Waals surface area contributed by atoms with Gasteiger partial charge in [0.1, 0.15) is 5.78 Å². The van der Waals surface area contributed by atoms with Crippen LogP contribution in [0, 0.1) is 0 Å². The van der Waals surface area contributed by atoms with Gasteiger partial charge in [-0.1, -0.05) is 6.08 Å². The maximum Gasteiger partial charge on any atom is 0.133 e. The number of nitrogens with two attached hydrogens (primary N) is 1. The Hall–Kier alpha value is -0.830. The van der Waals surface area contributed by atoms with Crippen LogP contribution in [-0.2, 0) is 4.79 Å². The van der Waals surface area contributed by atoms with E-state index in [0.29, 0.717) is 19.0 Å². The number of ketones is 1. The van der Waals surface area contributed by atoms with Crippen LogP contribution in [0.3, 0.4) is 0 Å². The number of rotatable bonds is 5. The maximum absolute atomic E-state index is 10.6. The maximum atomic E-state index is 10.6. The number of carbonyl (C=O) groups is 1. The van der Waals surface area contributed by atoms with Gasteiger partial charge in [0, 0.05) is 24.7 Å². The molecule has 0 spiro atoms. The van der Waals surface area contributed by atoms with Crippen molar-refractivity contribution in [3.8, 4) is 0 Å². The van der Waals surface area contributed by atoms with Gasteiger partial charge in [-0.25, -0.2) is 0 Å². The molecule has 0 radical (unpaired) electrons. The van der Waals surface area contributed by atoms with E-state index in [4.69, 9.17) is 5.73 Å². The predicted octanol–water partition coefficient (Wildman–Crippen LogP) is 0.806. The Labute approximate surface area is 74.0 Å². The molecule has 0 unspecified atom stereocenters. The number of nitrogens with one attached hydrogen (secondary N) is 1. The SMILES string of the molecule is CC(=O)C/C=C(\CN)NC(C)C. The average Bonchev–Trinajstić information content (AvgIpc) is 1.97. The predicted molar refractivity (Wildman–Crippen MR) is 50.7 cm³/mol. The van der Waals surface area contributed by atoms with Crippen LogP contribution >= 0.6 is 0 Å². The first-order valence-electron chi connectivity index (χ1n) is 4.21. The number of hydrogen-bond donors (Lipinski definition) is 2. The first-order chi connectivity index (χ1) is 5.56. The molecule has 0 saturated carbocycles. The normalized spacial score (nSPS) is 11.9. The molecule has 0 aromatic rings. The second-order valence-electron chi connectivity index (χ2n) is 3.14. The minimum atomic E-state index is 0.159. The molecule has 0 heterocycles. The number of hydrogen-bond acceptors (Lipinski definition) is 3. The van der Waals surface area contributed by atoms with Crippen LogP contribution in [0.4, 0.5) is 0 Å². The van der Waals surface area contributed by atoms with E-state index < -0.39 is 0 Å². The van der Waals surface area contributed by atoms with Gasteiger partial charge >= 0.3 is 0 Å². The summed E-state index contributed by atoms with van der Waals surface area (Å²) in [4.78, 5) is 10.6. The minimum absolute atomic E-state index is 0.159. The fourth-order valence-corrected chi connectivity index (χ4v) is 0.839. The zero-order valence-electron chi connectivity index (χ0n) is 8.05. The van der Waals surface area contributed by atoms with Crippen molar-refractivity contribution in [2.45, 2.75) is 33.2 Å². The van der Waals surface area contributed by atoms with Gasteiger partial charge in [0.2, 0.25) is 0 Å². The van der Waals surface area contributed by atoms with Gasteiger partial charge in [-0.05, 0) is 20.8 Å². The molecule has 0 bridgehead atoms. The molecule has 70 valence electrons. The fourth-order valence-electron chi connectivity index (χ4n) is 0.839. The van der Waals surface area contributed by atoms with E-state index in [2.05, 4.69) is 5.32 Å². The van der Waals surface area contributed by atoms with E-state index in [1.165, 1.54) is 0 Å². The molecule has 0 aliphatic rings. The highest BCUT2D eigenvalue weighted by molar-refractivity contribution is 5.77. The summed E-state index contributed by atoms with van der Waals surface area (Å²) >= 11 is 0. The van der Waals surface area contributed by atoms with Crippen molar-refractivity contribution in [2.24, 2.45) is 5.73 Å². The molecule has 0 amide bonds. The van der Waals surface area contributed by atoms with E-state index >= 15 is 0 Å². The molecule has 0 fully saturated rings. The summed E-state index contributed by atoms with van der Waals surface area (Å²) in [6.45, 7) is 6.11. The minimum Gasteiger partial charge on any atom is -0.385 e. The van der Waals surface area contributed by atoms with E-state index in [1.54, 1.807) is 6.92 Å². The number of carbonyl (C=O) groups excluding carboxylic acids is 1. The second kappa shape index (κ2) is 5.77. The van der Waals surface area contributed by atoms with Crippen LogP contribution in [0.1, 0.15) is 27.2 Å². The van der Waals surface area contributed by atoms with Crippen molar-refractivity contribution in [3.63, 3.8) is 0 Å². The van der Waals surface area contributed by atoms with Crippen molar-refractivity contribution in [2.75, 3.05) is 6.54 Å². The highest BCUT2D eigenvalue weighted by Crippen LogP contribution is 1.93. The monoisotopic (exact) mass is 170 g/mol. The van der Waals surface area contributed by atoms with Crippen molar-refractivity contribution < 1.29 is 4.79 Å². The lowest BCUT2D eigenvalue weighted by atomic mass is 10.2. The van der Waals surface area contributed by atoms with Gasteiger partial charge in [0.05, 0.1) is 0 Å². The van der Waals surface area contributed by atoms with Gasteiger partial charge < -0.3 is 11.1 Å². The molecule has 0 saturated heterocycles. The third-order valence-corrected chi connectivity index (χ3v) is 1.33. The summed E-state index contributed by atoms with van der Waals surface area (Å²) in [5.41, 5.74) is 6.41. The van der Waals surface area contributed by atoms with Crippen molar-refractivity contribution in [1.29, 1.82) is 0 Å². The Balaban J connectivity index is 3.95. The standard InChI is InChI=1S/C9H18N2O/c1-7(2)11-9(6-10)5-4-8(3)12/h5,7,11H,4,6,10H2,1-3H3/b9-5+. The molecular weight excluding hydrogens is 152 g/mol. The van der Waals surface area contributed by atoms with Crippen LogP contribution in [0.15, 0.2) is 11.8 Å². The summed E-state index contributed by atoms with van der Waals surface area (Å²) < 4.78 is 0. The Bertz CT molecular complexity index is 173. The average molecular weight is 170 g/mol. The van der Waals surface area contributed by atoms with Crippen molar-refractivity contribution in [1.82, 2.24) is 5.32 Å². The summed E-state index contributed by atoms with van der Waals surface area (Å²) in [6.07, 6.45) is 2.31. The van der Waals surface area contributed by atoms with Gasteiger partial charge in [-0.15, -0.1) is 0 Å². The van der Waals surface area contributed by atoms with Crippen LogP contribution in [0.2, 0.25) is 0 Å². The quantitative estimate of drug-likeness (QED) is 0.642. The molecule has 0 aromatic heterocycles. The molecule has 3 heteroatoms. The molecule has 0 aliphatic carbocycles. The third kappa shape index (κ3) is 5.92.